The fourth-order valence-corrected chi connectivity index (χ4v) is 3.66. The molecular weight excluding hydrogens is 346 g/mol. The van der Waals surface area contributed by atoms with Crippen LogP contribution < -0.4 is 10.1 Å². The molecule has 8 heteroatoms. The van der Waals surface area contributed by atoms with E-state index in [1.807, 2.05) is 20.0 Å². The molecule has 27 heavy (non-hydrogen) atoms. The van der Waals surface area contributed by atoms with E-state index in [0.717, 1.165) is 54.8 Å². The normalized spacial score (nSPS) is 20.0. The van der Waals surface area contributed by atoms with Gasteiger partial charge in [-0.25, -0.2) is 0 Å². The van der Waals surface area contributed by atoms with Crippen molar-refractivity contribution >= 4 is 5.91 Å². The van der Waals surface area contributed by atoms with Crippen LogP contribution in [0.5, 0.6) is 5.75 Å². The molecule has 0 spiro atoms. The molecule has 1 saturated carbocycles. The molecule has 1 amide bonds. The largest absolute Gasteiger partial charge is 0.496 e. The SMILES string of the molecule is COc1c(C)cnc(CN2CCCC2c2nc(C(=O)NC3CC3)no2)c1C. The third-order valence-electron chi connectivity index (χ3n) is 5.31. The van der Waals surface area contributed by atoms with E-state index < -0.39 is 0 Å². The number of nitrogens with zero attached hydrogens (tertiary/aromatic N) is 4. The van der Waals surface area contributed by atoms with Gasteiger partial charge < -0.3 is 14.6 Å². The summed E-state index contributed by atoms with van der Waals surface area (Å²) in [5.74, 6) is 1.26. The second-order valence-corrected chi connectivity index (χ2v) is 7.38. The highest BCUT2D eigenvalue weighted by molar-refractivity contribution is 5.90. The second kappa shape index (κ2) is 7.26. The molecule has 1 saturated heterocycles. The van der Waals surface area contributed by atoms with Crippen molar-refractivity contribution in [3.63, 3.8) is 0 Å². The standard InChI is InChI=1S/C19H25N5O3/c1-11-9-20-14(12(2)16(11)26-3)10-24-8-4-5-15(24)19-22-17(23-27-19)18(25)21-13-6-7-13/h9,13,15H,4-8,10H2,1-3H3,(H,21,25). The number of likely N-dealkylation sites (tertiary alicyclic amines) is 1. The highest BCUT2D eigenvalue weighted by Crippen LogP contribution is 2.33. The number of amides is 1. The first-order chi connectivity index (χ1) is 13.1. The summed E-state index contributed by atoms with van der Waals surface area (Å²) < 4.78 is 10.9. The van der Waals surface area contributed by atoms with Crippen molar-refractivity contribution in [2.75, 3.05) is 13.7 Å². The maximum absolute atomic E-state index is 12.1. The molecule has 144 valence electrons. The average Bonchev–Trinajstić information content (AvgIpc) is 3.14. The Morgan fingerprint density at radius 2 is 2.19 bits per heavy atom. The molecule has 4 rings (SSSR count). The molecule has 2 aromatic heterocycles. The van der Waals surface area contributed by atoms with Crippen LogP contribution in [0.15, 0.2) is 10.7 Å². The van der Waals surface area contributed by atoms with Crippen LogP contribution in [-0.4, -0.2) is 45.6 Å². The van der Waals surface area contributed by atoms with E-state index in [9.17, 15) is 4.79 Å². The van der Waals surface area contributed by atoms with Gasteiger partial charge in [0.1, 0.15) is 5.75 Å². The van der Waals surface area contributed by atoms with Gasteiger partial charge in [0.2, 0.25) is 5.89 Å². The summed E-state index contributed by atoms with van der Waals surface area (Å²) >= 11 is 0. The van der Waals surface area contributed by atoms with Crippen LogP contribution in [0.3, 0.4) is 0 Å². The van der Waals surface area contributed by atoms with Crippen molar-refractivity contribution in [1.82, 2.24) is 25.3 Å². The number of aromatic nitrogens is 3. The minimum atomic E-state index is -0.252. The minimum absolute atomic E-state index is 0.00785. The smallest absolute Gasteiger partial charge is 0.292 e. The number of hydrogen-bond donors (Lipinski definition) is 1. The van der Waals surface area contributed by atoms with Crippen LogP contribution in [0.1, 0.15) is 65.1 Å². The fraction of sp³-hybridized carbons (Fsp3) is 0.579. The molecule has 1 unspecified atom stereocenters. The van der Waals surface area contributed by atoms with E-state index in [1.165, 1.54) is 0 Å². The molecule has 2 aromatic rings. The molecule has 0 aromatic carbocycles. The number of hydrogen-bond acceptors (Lipinski definition) is 7. The summed E-state index contributed by atoms with van der Waals surface area (Å²) in [4.78, 5) is 23.3. The molecule has 2 fully saturated rings. The number of pyridine rings is 1. The van der Waals surface area contributed by atoms with E-state index in [0.29, 0.717) is 12.4 Å². The monoisotopic (exact) mass is 371 g/mol. The molecule has 0 bridgehead atoms. The van der Waals surface area contributed by atoms with Gasteiger partial charge in [-0.2, -0.15) is 4.98 Å². The number of ether oxygens (including phenoxy) is 1. The van der Waals surface area contributed by atoms with E-state index in [2.05, 4.69) is 25.3 Å². The number of carbonyl (C=O) groups is 1. The number of aryl methyl sites for hydroxylation is 1. The second-order valence-electron chi connectivity index (χ2n) is 7.38. The summed E-state index contributed by atoms with van der Waals surface area (Å²) in [5, 5.41) is 6.77. The third kappa shape index (κ3) is 3.66. The van der Waals surface area contributed by atoms with Crippen LogP contribution in [0.4, 0.5) is 0 Å². The first-order valence-electron chi connectivity index (χ1n) is 9.44. The minimum Gasteiger partial charge on any atom is -0.496 e. The highest BCUT2D eigenvalue weighted by Gasteiger charge is 2.33. The number of rotatable bonds is 6. The zero-order valence-corrected chi connectivity index (χ0v) is 16.0. The van der Waals surface area contributed by atoms with Gasteiger partial charge in [0, 0.05) is 29.9 Å². The zero-order chi connectivity index (χ0) is 19.0. The molecule has 8 nitrogen and oxygen atoms in total. The lowest BCUT2D eigenvalue weighted by atomic mass is 10.1. The Morgan fingerprint density at radius 1 is 1.37 bits per heavy atom. The predicted molar refractivity (Wildman–Crippen MR) is 97.4 cm³/mol. The summed E-state index contributed by atoms with van der Waals surface area (Å²) in [6.07, 6.45) is 5.87. The van der Waals surface area contributed by atoms with Crippen LogP contribution in [0.25, 0.3) is 0 Å². The van der Waals surface area contributed by atoms with Gasteiger partial charge in [0.25, 0.3) is 11.7 Å². The topological polar surface area (TPSA) is 93.4 Å². The Bertz CT molecular complexity index is 846. The third-order valence-corrected chi connectivity index (χ3v) is 5.31. The molecular formula is C19H25N5O3. The summed E-state index contributed by atoms with van der Waals surface area (Å²) in [7, 11) is 1.68. The van der Waals surface area contributed by atoms with Crippen molar-refractivity contribution < 1.29 is 14.1 Å². The molecule has 1 N–H and O–H groups in total. The van der Waals surface area contributed by atoms with Gasteiger partial charge in [0.15, 0.2) is 0 Å². The summed E-state index contributed by atoms with van der Waals surface area (Å²) in [6.45, 7) is 5.63. The fourth-order valence-electron chi connectivity index (χ4n) is 3.66. The average molecular weight is 371 g/mol. The Morgan fingerprint density at radius 3 is 2.93 bits per heavy atom. The lowest BCUT2D eigenvalue weighted by molar-refractivity contribution is 0.0937. The number of carbonyl (C=O) groups excluding carboxylic acids is 1. The maximum Gasteiger partial charge on any atom is 0.292 e. The lowest BCUT2D eigenvalue weighted by Crippen LogP contribution is -2.27. The van der Waals surface area contributed by atoms with Crippen molar-refractivity contribution in [1.29, 1.82) is 0 Å². The van der Waals surface area contributed by atoms with Gasteiger partial charge in [-0.1, -0.05) is 5.16 Å². The van der Waals surface area contributed by atoms with Gasteiger partial charge >= 0.3 is 0 Å². The highest BCUT2D eigenvalue weighted by atomic mass is 16.5. The molecule has 2 aliphatic rings. The number of methoxy groups -OCH3 is 1. The Labute approximate surface area is 158 Å². The number of nitrogens with one attached hydrogen (secondary N) is 1. The Hall–Kier alpha value is -2.48. The molecule has 1 aliphatic heterocycles. The predicted octanol–water partition coefficient (Wildman–Crippen LogP) is 2.32. The van der Waals surface area contributed by atoms with E-state index >= 15 is 0 Å². The lowest BCUT2D eigenvalue weighted by Gasteiger charge is -2.22. The quantitative estimate of drug-likeness (QED) is 0.833. The first kappa shape index (κ1) is 17.9. The van der Waals surface area contributed by atoms with Crippen LogP contribution in [0.2, 0.25) is 0 Å². The van der Waals surface area contributed by atoms with Gasteiger partial charge in [-0.15, -0.1) is 0 Å². The molecule has 1 atom stereocenters. The van der Waals surface area contributed by atoms with Crippen molar-refractivity contribution in [3.8, 4) is 5.75 Å². The van der Waals surface area contributed by atoms with Crippen LogP contribution >= 0.6 is 0 Å². The van der Waals surface area contributed by atoms with Crippen molar-refractivity contribution in [2.24, 2.45) is 0 Å². The molecule has 3 heterocycles. The van der Waals surface area contributed by atoms with Gasteiger partial charge in [0.05, 0.1) is 18.8 Å². The Kier molecular flexibility index (Phi) is 4.82. The molecule has 1 aliphatic carbocycles. The molecule has 0 radical (unpaired) electrons. The van der Waals surface area contributed by atoms with E-state index in [4.69, 9.17) is 9.26 Å². The van der Waals surface area contributed by atoms with Crippen molar-refractivity contribution in [2.45, 2.75) is 58.2 Å². The maximum atomic E-state index is 12.1. The van der Waals surface area contributed by atoms with Crippen LogP contribution in [-0.2, 0) is 6.54 Å². The summed E-state index contributed by atoms with van der Waals surface area (Å²) in [5.41, 5.74) is 3.06. The summed E-state index contributed by atoms with van der Waals surface area (Å²) in [6, 6.07) is 0.279. The van der Waals surface area contributed by atoms with Crippen molar-refractivity contribution in [3.05, 3.63) is 34.7 Å². The Balaban J connectivity index is 1.50. The first-order valence-corrected chi connectivity index (χ1v) is 9.44. The van der Waals surface area contributed by atoms with E-state index in [-0.39, 0.29) is 23.8 Å². The van der Waals surface area contributed by atoms with Gasteiger partial charge in [-0.05, 0) is 46.1 Å². The van der Waals surface area contributed by atoms with Gasteiger partial charge in [-0.3, -0.25) is 14.7 Å². The zero-order valence-electron chi connectivity index (χ0n) is 16.0. The van der Waals surface area contributed by atoms with E-state index in [1.54, 1.807) is 7.11 Å². The van der Waals surface area contributed by atoms with Crippen LogP contribution in [0, 0.1) is 13.8 Å².